The zero-order valence-electron chi connectivity index (χ0n) is 77.9. The topological polar surface area (TPSA) is 216 Å². The average molecular weight is 2100 g/mol. The molecule has 0 saturated carbocycles. The van der Waals surface area contributed by atoms with Crippen LogP contribution in [0.5, 0.6) is 23.0 Å². The number of hydrogen-bond acceptors (Lipinski definition) is 21. The van der Waals surface area contributed by atoms with E-state index in [-0.39, 0.29) is 122 Å². The van der Waals surface area contributed by atoms with Crippen LogP contribution >= 0.6 is 115 Å². The van der Waals surface area contributed by atoms with Crippen molar-refractivity contribution in [3.8, 4) is 109 Å². The molecule has 1 amide bonds. The molecule has 0 atom stereocenters. The number of amides is 1. The minimum absolute atomic E-state index is 0. The zero-order valence-corrected chi connectivity index (χ0v) is 92.9. The number of hydrogen-bond donors (Lipinski definition) is 1. The molecule has 1 N–H and O–H groups in total. The van der Waals surface area contributed by atoms with Crippen LogP contribution in [0.25, 0.3) is 86.3 Å². The van der Waals surface area contributed by atoms with E-state index >= 15 is 0 Å². The zero-order chi connectivity index (χ0) is 96.4. The Labute approximate surface area is 928 Å². The van der Waals surface area contributed by atoms with Crippen LogP contribution in [0.3, 0.4) is 0 Å². The Bertz CT molecular complexity index is 7370. The first-order valence-electron chi connectivity index (χ1n) is 43.0. The van der Waals surface area contributed by atoms with E-state index in [1.807, 2.05) is 211 Å². The number of ether oxygens (including phenoxy) is 4. The van der Waals surface area contributed by atoms with Gasteiger partial charge in [0.25, 0.3) is 15.9 Å². The molecule has 0 unspecified atom stereocenters. The largest absolute Gasteiger partial charge is 1.00 e. The van der Waals surface area contributed by atoms with Gasteiger partial charge in [-0.25, -0.2) is 4.39 Å². The fourth-order valence-corrected chi connectivity index (χ4v) is 22.2. The number of sulfonamides is 1. The number of nitrogens with zero attached hydrogens (tertiary/aromatic N) is 1. The summed E-state index contributed by atoms with van der Waals surface area (Å²) < 4.78 is 66.5. The number of carbonyl (C=O) groups is 3. The molecule has 141 heavy (non-hydrogen) atoms. The quantitative estimate of drug-likeness (QED) is 0.0179. The Morgan fingerprint density at radius 3 is 1.06 bits per heavy atom. The molecule has 0 saturated heterocycles. The number of carboxylic acids is 2. The van der Waals surface area contributed by atoms with Gasteiger partial charge in [-0.15, -0.1) is 104 Å². The molecule has 0 radical (unpaired) electrons. The third-order valence-corrected chi connectivity index (χ3v) is 31.6. The number of rotatable bonds is 32. The first kappa shape index (κ1) is 110. The van der Waals surface area contributed by atoms with E-state index < -0.39 is 33.7 Å². The molecular formula is C112H87ClFN2Na3O12S10. The molecule has 0 aliphatic carbocycles. The fourth-order valence-electron chi connectivity index (χ4n) is 14.7. The van der Waals surface area contributed by atoms with Crippen LogP contribution in [0.1, 0.15) is 70.0 Å². The number of aryl methyl sites for hydroxylation is 1. The van der Waals surface area contributed by atoms with E-state index in [2.05, 4.69) is 112 Å². The minimum atomic E-state index is -4.02. The second-order valence-corrected chi connectivity index (χ2v) is 41.1. The summed E-state index contributed by atoms with van der Waals surface area (Å²) in [5.41, 5.74) is 19.1. The molecule has 13 aromatic carbocycles. The predicted molar refractivity (Wildman–Crippen MR) is 565 cm³/mol. The van der Waals surface area contributed by atoms with Crippen molar-refractivity contribution in [3.05, 3.63) is 433 Å². The number of aromatic carboxylic acids is 2. The Hall–Kier alpha value is -9.99. The minimum Gasteiger partial charge on any atom is -0.858 e. The maximum absolute atomic E-state index is 13.4. The van der Waals surface area contributed by atoms with Crippen LogP contribution in [0.15, 0.2) is 395 Å². The molecule has 18 rings (SSSR count). The number of thioether (sulfide) groups is 4. The second-order valence-electron chi connectivity index (χ2n) is 30.8. The van der Waals surface area contributed by atoms with Crippen molar-refractivity contribution in [2.45, 2.75) is 63.7 Å². The van der Waals surface area contributed by atoms with E-state index in [4.69, 9.17) is 30.5 Å². The van der Waals surface area contributed by atoms with Crippen LogP contribution in [0, 0.1) is 12.7 Å². The first-order valence-corrected chi connectivity index (χ1v) is 54.1. The van der Waals surface area contributed by atoms with Gasteiger partial charge < -0.3 is 49.2 Å². The van der Waals surface area contributed by atoms with Crippen molar-refractivity contribution < 1.29 is 150 Å². The summed E-state index contributed by atoms with van der Waals surface area (Å²) in [6.45, 7) is 3.97. The Balaban J connectivity index is 0.000000167. The molecule has 0 bridgehead atoms. The van der Waals surface area contributed by atoms with Crippen molar-refractivity contribution in [3.63, 3.8) is 0 Å². The van der Waals surface area contributed by atoms with E-state index in [0.29, 0.717) is 53.8 Å². The Kier molecular flexibility index (Phi) is 42.1. The van der Waals surface area contributed by atoms with Gasteiger partial charge in [-0.05, 0) is 254 Å². The first-order chi connectivity index (χ1) is 67.2. The summed E-state index contributed by atoms with van der Waals surface area (Å²) in [6.07, 6.45) is 8.18. The van der Waals surface area contributed by atoms with E-state index in [9.17, 15) is 42.5 Å². The third kappa shape index (κ3) is 29.4. The second kappa shape index (κ2) is 54.1. The number of nitrogens with one attached hydrogen (secondary N) is 1. The predicted octanol–water partition coefficient (Wildman–Crippen LogP) is 18.9. The molecule has 18 aromatic rings. The van der Waals surface area contributed by atoms with E-state index in [1.165, 1.54) is 23.1 Å². The fraction of sp³-hybridized carbons (Fsp3) is 0.0893. The van der Waals surface area contributed by atoms with Crippen molar-refractivity contribution in [2.75, 3.05) is 25.0 Å². The summed E-state index contributed by atoms with van der Waals surface area (Å²) in [6, 6.07) is 107. The van der Waals surface area contributed by atoms with Gasteiger partial charge in [-0.1, -0.05) is 218 Å². The van der Waals surface area contributed by atoms with Gasteiger partial charge in [-0.2, -0.15) is 12.8 Å². The molecule has 14 nitrogen and oxygen atoms in total. The number of carboxylic acid groups (broad SMARTS) is 2. The molecule has 694 valence electrons. The van der Waals surface area contributed by atoms with Crippen molar-refractivity contribution in [1.29, 1.82) is 0 Å². The number of thiophene rings is 5. The molecule has 0 fully saturated rings. The van der Waals surface area contributed by atoms with Crippen molar-refractivity contribution >= 4 is 149 Å². The normalized spacial score (nSPS) is 10.9. The molecular weight excluding hydrogens is 2010 g/mol. The van der Waals surface area contributed by atoms with Gasteiger partial charge in [0.1, 0.15) is 59.5 Å². The monoisotopic (exact) mass is 2090 g/mol. The van der Waals surface area contributed by atoms with Crippen molar-refractivity contribution in [2.24, 2.45) is 4.40 Å². The van der Waals surface area contributed by atoms with Crippen LogP contribution in [0.4, 0.5) is 4.39 Å². The Morgan fingerprint density at radius 2 is 0.716 bits per heavy atom. The SMILES string of the molecule is CSc1ccc(OCc2ccc(F)cc2Cl)c(-c2ccsc2-c2ccc(C(=O)[O-])cc2)c1.CSc1ccc(OCc2ccccc2)c(-c2ccsc2-c2ccc(C(=O)NCc3ccccc3)cc2)c1.CSc1ccc(OCc2ccccc2)c(-c2ccsc2-c2ccc(C(=O)[O-])c(C)c2)c1.CSc1ccc(OCc2ccccc2)c(-c2ccsc2-c2ccc(C([O-])=NS(=O)(=O)c3cccs3)cc2)c1.[Na+].[Na+].[Na+]. The van der Waals surface area contributed by atoms with Gasteiger partial charge >= 0.3 is 88.7 Å². The van der Waals surface area contributed by atoms with Crippen LogP contribution in [-0.2, 0) is 43.0 Å². The van der Waals surface area contributed by atoms with Gasteiger partial charge in [0.15, 0.2) is 0 Å². The van der Waals surface area contributed by atoms with Crippen LogP contribution < -0.4 is 128 Å². The summed E-state index contributed by atoms with van der Waals surface area (Å²) in [5.74, 6) is -0.471. The van der Waals surface area contributed by atoms with Crippen molar-refractivity contribution in [1.82, 2.24) is 5.32 Å². The Morgan fingerprint density at radius 1 is 0.362 bits per heavy atom. The maximum atomic E-state index is 13.4. The standard InChI is InChI=1S/C32H27NO2S2.C29H23NO4S4.C26H22O3S2.C25H18ClFO3S2.3Na/c1-36-27-16-17-30(35-22-24-10-6-3-7-11-24)29(20-27)28-18-19-37-31(28)25-12-14-26(15-13-25)32(34)33-21-23-8-4-2-5-9-23;1-35-23-13-14-26(34-19-20-6-3-2-4-7-20)25(18-23)24-15-17-37-28(24)21-9-11-22(12-10-21)29(31)30-38(32,33)27-8-5-16-36-27;1-17-14-19(8-10-21(17)26(27)28)25-22(12-13-31-25)23-15-20(30-2)9-11-24(23)29-16-18-6-4-3-5-7-18;1-31-19-8-9-23(30-14-17-6-7-18(27)12-22(17)26)21(13-19)20-10-11-32-24(20)15-2-4-16(5-3-15)25(28)29;;;/h2-20H,21-22H2,1H3,(H,33,34);2-18H,19H2,1H3,(H,30,31);3-15H,16H2,1-2H3,(H,27,28);2-13H,14H2,1H3,(H,28,29);;;/q;;;;3*+1/p-3. The summed E-state index contributed by atoms with van der Waals surface area (Å²) in [5, 5.41) is 48.1. The number of carbonyl (C=O) groups excluding carboxylic acids is 3. The average Bonchev–Trinajstić information content (AvgIpc) is 1.72. The molecule has 29 heteroatoms. The summed E-state index contributed by atoms with van der Waals surface area (Å²) >= 11 is 20.4. The van der Waals surface area contributed by atoms with Crippen LogP contribution in [0.2, 0.25) is 5.02 Å². The van der Waals surface area contributed by atoms with E-state index in [0.717, 1.165) is 152 Å². The molecule has 5 aromatic heterocycles. The molecule has 0 spiro atoms. The van der Waals surface area contributed by atoms with E-state index in [1.54, 1.807) is 159 Å². The van der Waals surface area contributed by atoms with Gasteiger partial charge in [0, 0.05) is 113 Å². The maximum Gasteiger partial charge on any atom is 1.00 e. The molecule has 0 aliphatic rings. The van der Waals surface area contributed by atoms with Gasteiger partial charge in [0.05, 0.1) is 17.0 Å². The molecule has 0 aliphatic heterocycles. The van der Waals surface area contributed by atoms with Crippen LogP contribution in [-0.4, -0.2) is 57.2 Å². The third-order valence-electron chi connectivity index (χ3n) is 21.8. The number of benzene rings is 13. The number of halogens is 2. The smallest absolute Gasteiger partial charge is 0.858 e. The van der Waals surface area contributed by atoms with Gasteiger partial charge in [-0.3, -0.25) is 4.79 Å². The molecule has 5 heterocycles. The van der Waals surface area contributed by atoms with Gasteiger partial charge in [0.2, 0.25) is 0 Å². The summed E-state index contributed by atoms with van der Waals surface area (Å²) in [4.78, 5) is 43.8. The summed E-state index contributed by atoms with van der Waals surface area (Å²) in [7, 11) is -4.02.